The molecule has 0 aliphatic heterocycles. The van der Waals surface area contributed by atoms with Crippen LogP contribution in [-0.2, 0) is 10.9 Å². The summed E-state index contributed by atoms with van der Waals surface area (Å²) in [5.74, 6) is 0.476. The van der Waals surface area contributed by atoms with Crippen LogP contribution in [0.4, 0.5) is 18.9 Å². The minimum atomic E-state index is -4.37. The highest BCUT2D eigenvalue weighted by Crippen LogP contribution is 2.37. The van der Waals surface area contributed by atoms with Crippen molar-refractivity contribution in [3.63, 3.8) is 0 Å². The Bertz CT molecular complexity index is 354. The Labute approximate surface area is 96.0 Å². The van der Waals surface area contributed by atoms with Crippen molar-refractivity contribution < 1.29 is 17.9 Å². The fourth-order valence-electron chi connectivity index (χ4n) is 1.13. The summed E-state index contributed by atoms with van der Waals surface area (Å²) in [5.41, 5.74) is 4.77. The van der Waals surface area contributed by atoms with Crippen molar-refractivity contribution in [3.05, 3.63) is 23.8 Å². The van der Waals surface area contributed by atoms with Gasteiger partial charge in [-0.1, -0.05) is 0 Å². The number of rotatable bonds is 4. The molecule has 0 unspecified atom stereocenters. The zero-order valence-corrected chi connectivity index (χ0v) is 9.49. The zero-order valence-electron chi connectivity index (χ0n) is 8.67. The number of ether oxygens (including phenoxy) is 1. The first kappa shape index (κ1) is 13.2. The van der Waals surface area contributed by atoms with Crippen LogP contribution in [0.25, 0.3) is 0 Å². The van der Waals surface area contributed by atoms with Crippen molar-refractivity contribution >= 4 is 17.4 Å². The molecule has 0 saturated heterocycles. The molecular formula is C10H12F3NOS. The third kappa shape index (κ3) is 3.61. The minimum absolute atomic E-state index is 0.114. The Hall–Kier alpha value is -0.880. The summed E-state index contributed by atoms with van der Waals surface area (Å²) in [6.07, 6.45) is -4.37. The lowest BCUT2D eigenvalue weighted by Crippen LogP contribution is -2.08. The molecule has 0 aliphatic rings. The van der Waals surface area contributed by atoms with Gasteiger partial charge in [-0.25, -0.2) is 0 Å². The summed E-state index contributed by atoms with van der Waals surface area (Å²) in [6.45, 7) is 0.409. The molecule has 0 radical (unpaired) electrons. The molecule has 0 saturated carbocycles. The molecule has 1 rings (SSSR count). The van der Waals surface area contributed by atoms with Crippen molar-refractivity contribution in [3.8, 4) is 0 Å². The van der Waals surface area contributed by atoms with Crippen LogP contribution in [0.15, 0.2) is 23.1 Å². The second-order valence-electron chi connectivity index (χ2n) is 3.09. The van der Waals surface area contributed by atoms with Crippen molar-refractivity contribution in [1.82, 2.24) is 0 Å². The van der Waals surface area contributed by atoms with Gasteiger partial charge in [-0.15, -0.1) is 11.8 Å². The van der Waals surface area contributed by atoms with E-state index < -0.39 is 11.7 Å². The Morgan fingerprint density at radius 3 is 2.62 bits per heavy atom. The Balaban J connectivity index is 2.90. The average molecular weight is 251 g/mol. The molecule has 2 nitrogen and oxygen atoms in total. The highest BCUT2D eigenvalue weighted by molar-refractivity contribution is 7.99. The molecule has 0 spiro atoms. The van der Waals surface area contributed by atoms with E-state index in [4.69, 9.17) is 10.5 Å². The largest absolute Gasteiger partial charge is 0.417 e. The van der Waals surface area contributed by atoms with E-state index >= 15 is 0 Å². The molecular weight excluding hydrogens is 239 g/mol. The van der Waals surface area contributed by atoms with Crippen LogP contribution in [0, 0.1) is 0 Å². The van der Waals surface area contributed by atoms with Gasteiger partial charge in [-0.3, -0.25) is 0 Å². The van der Waals surface area contributed by atoms with E-state index in [-0.39, 0.29) is 10.6 Å². The lowest BCUT2D eigenvalue weighted by Gasteiger charge is -2.12. The standard InChI is InChI=1S/C10H12F3NOS/c1-15-4-5-16-9-3-2-7(14)6-8(9)10(11,12)13/h2-3,6H,4-5,14H2,1H3. The quantitative estimate of drug-likeness (QED) is 0.507. The van der Waals surface area contributed by atoms with Crippen molar-refractivity contribution in [1.29, 1.82) is 0 Å². The van der Waals surface area contributed by atoms with Crippen LogP contribution in [0.3, 0.4) is 0 Å². The highest BCUT2D eigenvalue weighted by Gasteiger charge is 2.33. The maximum Gasteiger partial charge on any atom is 0.417 e. The van der Waals surface area contributed by atoms with Gasteiger partial charge in [0.1, 0.15) is 0 Å². The molecule has 0 aliphatic carbocycles. The number of benzene rings is 1. The Kier molecular flexibility index (Phi) is 4.49. The van der Waals surface area contributed by atoms with Gasteiger partial charge in [0.2, 0.25) is 0 Å². The Morgan fingerprint density at radius 2 is 2.06 bits per heavy atom. The van der Waals surface area contributed by atoms with Gasteiger partial charge < -0.3 is 10.5 Å². The number of methoxy groups -OCH3 is 1. The fraction of sp³-hybridized carbons (Fsp3) is 0.400. The zero-order chi connectivity index (χ0) is 12.2. The lowest BCUT2D eigenvalue weighted by atomic mass is 10.2. The monoisotopic (exact) mass is 251 g/mol. The van der Waals surface area contributed by atoms with E-state index in [1.54, 1.807) is 0 Å². The fourth-order valence-corrected chi connectivity index (χ4v) is 2.09. The summed E-state index contributed by atoms with van der Waals surface area (Å²) in [5, 5.41) is 0. The first-order chi connectivity index (χ1) is 7.45. The van der Waals surface area contributed by atoms with Crippen molar-refractivity contribution in [2.24, 2.45) is 0 Å². The van der Waals surface area contributed by atoms with E-state index in [0.717, 1.165) is 17.8 Å². The summed E-state index contributed by atoms with van der Waals surface area (Å²) in [4.78, 5) is 0.179. The van der Waals surface area contributed by atoms with Gasteiger partial charge in [-0.2, -0.15) is 13.2 Å². The van der Waals surface area contributed by atoms with Crippen LogP contribution in [-0.4, -0.2) is 19.5 Å². The van der Waals surface area contributed by atoms with Crippen LogP contribution >= 0.6 is 11.8 Å². The van der Waals surface area contributed by atoms with Crippen LogP contribution < -0.4 is 5.73 Å². The second-order valence-corrected chi connectivity index (χ2v) is 4.23. The van der Waals surface area contributed by atoms with E-state index in [1.807, 2.05) is 0 Å². The van der Waals surface area contributed by atoms with Crippen LogP contribution in [0.1, 0.15) is 5.56 Å². The number of alkyl halides is 3. The van der Waals surface area contributed by atoms with E-state index in [9.17, 15) is 13.2 Å². The summed E-state index contributed by atoms with van der Waals surface area (Å²) in [6, 6.07) is 3.80. The third-order valence-corrected chi connectivity index (χ3v) is 2.89. The topological polar surface area (TPSA) is 35.2 Å². The molecule has 2 N–H and O–H groups in total. The number of hydrogen-bond acceptors (Lipinski definition) is 3. The molecule has 90 valence electrons. The number of hydrogen-bond donors (Lipinski definition) is 1. The number of nitrogens with two attached hydrogens (primary N) is 1. The predicted molar refractivity (Wildman–Crippen MR) is 58.5 cm³/mol. The smallest absolute Gasteiger partial charge is 0.399 e. The molecule has 0 atom stereocenters. The average Bonchev–Trinajstić information content (AvgIpc) is 2.19. The Morgan fingerprint density at radius 1 is 1.38 bits per heavy atom. The van der Waals surface area contributed by atoms with Gasteiger partial charge in [0, 0.05) is 23.4 Å². The molecule has 0 heterocycles. The van der Waals surface area contributed by atoms with Gasteiger partial charge in [0.05, 0.1) is 12.2 Å². The van der Waals surface area contributed by atoms with Crippen molar-refractivity contribution in [2.75, 3.05) is 25.2 Å². The summed E-state index contributed by atoms with van der Waals surface area (Å²) >= 11 is 1.11. The molecule has 1 aromatic rings. The van der Waals surface area contributed by atoms with Gasteiger partial charge in [0.15, 0.2) is 0 Å². The number of nitrogen functional groups attached to an aromatic ring is 1. The molecule has 16 heavy (non-hydrogen) atoms. The number of thioether (sulfide) groups is 1. The highest BCUT2D eigenvalue weighted by atomic mass is 32.2. The van der Waals surface area contributed by atoms with Crippen LogP contribution in [0.2, 0.25) is 0 Å². The first-order valence-corrected chi connectivity index (χ1v) is 5.52. The summed E-state index contributed by atoms with van der Waals surface area (Å²) < 4.78 is 42.7. The lowest BCUT2D eigenvalue weighted by molar-refractivity contribution is -0.139. The number of anilines is 1. The molecule has 0 amide bonds. The maximum absolute atomic E-state index is 12.6. The molecule has 0 bridgehead atoms. The molecule has 0 fully saturated rings. The third-order valence-electron chi connectivity index (χ3n) is 1.85. The van der Waals surface area contributed by atoms with Gasteiger partial charge in [0.25, 0.3) is 0 Å². The van der Waals surface area contributed by atoms with E-state index in [0.29, 0.717) is 12.4 Å². The van der Waals surface area contributed by atoms with Crippen LogP contribution in [0.5, 0.6) is 0 Å². The number of halogens is 3. The normalized spacial score (nSPS) is 11.8. The first-order valence-electron chi connectivity index (χ1n) is 4.53. The van der Waals surface area contributed by atoms with Gasteiger partial charge in [-0.05, 0) is 18.2 Å². The molecule has 6 heteroatoms. The van der Waals surface area contributed by atoms with Crippen molar-refractivity contribution in [2.45, 2.75) is 11.1 Å². The second kappa shape index (κ2) is 5.45. The SMILES string of the molecule is COCCSc1ccc(N)cc1C(F)(F)F. The predicted octanol–water partition coefficient (Wildman–Crippen LogP) is 3.03. The molecule has 1 aromatic carbocycles. The maximum atomic E-state index is 12.6. The van der Waals surface area contributed by atoms with Gasteiger partial charge >= 0.3 is 6.18 Å². The minimum Gasteiger partial charge on any atom is -0.399 e. The summed E-state index contributed by atoms with van der Waals surface area (Å²) in [7, 11) is 1.51. The van der Waals surface area contributed by atoms with E-state index in [1.165, 1.54) is 19.2 Å². The molecule has 0 aromatic heterocycles. The van der Waals surface area contributed by atoms with E-state index in [2.05, 4.69) is 0 Å².